The topological polar surface area (TPSA) is 189 Å². The van der Waals surface area contributed by atoms with E-state index in [0.717, 1.165) is 21.0 Å². The Hall–Kier alpha value is -5.30. The van der Waals surface area contributed by atoms with Gasteiger partial charge in [-0.3, -0.25) is 19.4 Å². The summed E-state index contributed by atoms with van der Waals surface area (Å²) in [4.78, 5) is 44.1. The lowest BCUT2D eigenvalue weighted by molar-refractivity contribution is -0.123. The van der Waals surface area contributed by atoms with Crippen LogP contribution in [-0.2, 0) is 11.8 Å². The maximum absolute atomic E-state index is 13.3. The molecule has 12 nitrogen and oxygen atoms in total. The molecule has 0 fully saturated rings. The number of carbonyl (C=O) groups is 3. The number of guanidine groups is 1. The van der Waals surface area contributed by atoms with Crippen molar-refractivity contribution in [2.24, 2.45) is 23.5 Å². The number of rotatable bonds is 18. The van der Waals surface area contributed by atoms with E-state index in [1.807, 2.05) is 54.6 Å². The molecule has 13 heteroatoms. The highest BCUT2D eigenvalue weighted by molar-refractivity contribution is 7.20. The molecule has 4 rings (SSSR count). The molecule has 0 radical (unpaired) electrons. The van der Waals surface area contributed by atoms with Gasteiger partial charge in [0.1, 0.15) is 17.5 Å². The average molecular weight is 673 g/mol. The van der Waals surface area contributed by atoms with Gasteiger partial charge in [-0.25, -0.2) is 0 Å². The summed E-state index contributed by atoms with van der Waals surface area (Å²) in [5.41, 5.74) is 12.9. The van der Waals surface area contributed by atoms with Crippen LogP contribution in [0.2, 0.25) is 0 Å². The van der Waals surface area contributed by atoms with Crippen LogP contribution in [0.25, 0.3) is 21.0 Å². The lowest BCUT2D eigenvalue weighted by atomic mass is 10.1. The van der Waals surface area contributed by atoms with Crippen molar-refractivity contribution < 1.29 is 19.5 Å². The van der Waals surface area contributed by atoms with Crippen LogP contribution in [0.3, 0.4) is 0 Å². The molecule has 0 bridgehead atoms. The zero-order chi connectivity index (χ0) is 34.6. The van der Waals surface area contributed by atoms with E-state index in [1.54, 1.807) is 17.7 Å². The minimum Gasteiger partial charge on any atom is -0.511 e. The van der Waals surface area contributed by atoms with Crippen molar-refractivity contribution in [1.82, 2.24) is 25.8 Å². The summed E-state index contributed by atoms with van der Waals surface area (Å²) in [5.74, 6) is -1.15. The molecule has 4 aromatic rings. The van der Waals surface area contributed by atoms with Crippen molar-refractivity contribution in [3.63, 3.8) is 0 Å². The number of carbonyl (C=O) groups excluding carboxylic acids is 3. The highest BCUT2D eigenvalue weighted by Crippen LogP contribution is 2.25. The first-order valence-electron chi connectivity index (χ1n) is 15.8. The van der Waals surface area contributed by atoms with Gasteiger partial charge in [0, 0.05) is 41.4 Å². The number of nitrogens with one attached hydrogen (secondary N) is 4. The van der Waals surface area contributed by atoms with Crippen LogP contribution in [0, 0.1) is 0 Å². The number of para-hydroxylation sites is 1. The van der Waals surface area contributed by atoms with Gasteiger partial charge < -0.3 is 42.4 Å². The summed E-state index contributed by atoms with van der Waals surface area (Å²) < 4.78 is 2.82. The highest BCUT2D eigenvalue weighted by atomic mass is 32.1. The summed E-state index contributed by atoms with van der Waals surface area (Å²) in [7, 11) is 1.81. The van der Waals surface area contributed by atoms with Crippen LogP contribution in [0.15, 0.2) is 90.3 Å². The minimum absolute atomic E-state index is 0.0133. The zero-order valence-corrected chi connectivity index (χ0v) is 27.9. The Bertz CT molecular complexity index is 1770. The van der Waals surface area contributed by atoms with Gasteiger partial charge in [-0.2, -0.15) is 0 Å². The van der Waals surface area contributed by atoms with Crippen molar-refractivity contribution in [2.45, 2.75) is 44.2 Å². The number of unbranched alkanes of at least 4 members (excludes halogenated alkanes) is 1. The molecule has 2 unspecified atom stereocenters. The quantitative estimate of drug-likeness (QED) is 0.0362. The smallest absolute Gasteiger partial charge is 0.268 e. The maximum atomic E-state index is 13.3. The number of hydrogen-bond donors (Lipinski definition) is 7. The Morgan fingerprint density at radius 3 is 2.29 bits per heavy atom. The Balaban J connectivity index is 1.34. The lowest BCUT2D eigenvalue weighted by Gasteiger charge is -2.22. The number of aliphatic hydroxyl groups excluding tert-OH is 1. The van der Waals surface area contributed by atoms with E-state index in [9.17, 15) is 19.5 Å². The predicted octanol–water partition coefficient (Wildman–Crippen LogP) is 3.81. The molecule has 9 N–H and O–H groups in total. The van der Waals surface area contributed by atoms with E-state index in [-0.39, 0.29) is 36.1 Å². The Morgan fingerprint density at radius 2 is 1.58 bits per heavy atom. The number of thiophene rings is 1. The normalized spacial score (nSPS) is 12.2. The first-order chi connectivity index (χ1) is 23.0. The summed E-state index contributed by atoms with van der Waals surface area (Å²) in [5, 5.41) is 23.3. The maximum Gasteiger partial charge on any atom is 0.268 e. The molecule has 254 valence electrons. The fourth-order valence-electron chi connectivity index (χ4n) is 5.33. The van der Waals surface area contributed by atoms with Crippen LogP contribution in [0.4, 0.5) is 0 Å². The van der Waals surface area contributed by atoms with E-state index in [1.165, 1.54) is 11.3 Å². The number of nitrogens with zero attached hydrogens (tertiary/aromatic N) is 2. The number of fused-ring (bicyclic) bond motifs is 2. The van der Waals surface area contributed by atoms with Crippen LogP contribution in [-0.4, -0.2) is 65.1 Å². The third kappa shape index (κ3) is 9.85. The first-order valence-corrected chi connectivity index (χ1v) is 16.6. The fraction of sp³-hybridized carbons (Fsp3) is 0.314. The first kappa shape index (κ1) is 35.6. The molecule has 0 aliphatic heterocycles. The number of aryl methyl sites for hydroxylation is 1. The third-order valence-corrected chi connectivity index (χ3v) is 8.98. The van der Waals surface area contributed by atoms with Crippen molar-refractivity contribution >= 4 is 56.0 Å². The van der Waals surface area contributed by atoms with Crippen LogP contribution >= 0.6 is 11.3 Å². The van der Waals surface area contributed by atoms with Gasteiger partial charge in [-0.1, -0.05) is 49.6 Å². The number of aliphatic imine (C=N–C) groups is 1. The molecule has 0 aliphatic carbocycles. The Labute approximate surface area is 284 Å². The van der Waals surface area contributed by atoms with E-state index in [4.69, 9.17) is 11.5 Å². The molecule has 2 aromatic carbocycles. The van der Waals surface area contributed by atoms with Gasteiger partial charge in [0.15, 0.2) is 5.96 Å². The Morgan fingerprint density at radius 1 is 0.896 bits per heavy atom. The molecule has 48 heavy (non-hydrogen) atoms. The molecular weight excluding hydrogens is 629 g/mol. The van der Waals surface area contributed by atoms with E-state index in [2.05, 4.69) is 39.4 Å². The third-order valence-electron chi connectivity index (χ3n) is 7.87. The number of nitrogens with two attached hydrogens (primary N) is 2. The largest absolute Gasteiger partial charge is 0.511 e. The lowest BCUT2D eigenvalue weighted by Crippen LogP contribution is -2.47. The van der Waals surface area contributed by atoms with Crippen molar-refractivity contribution in [2.75, 3.05) is 19.6 Å². The number of aliphatic hydroxyl groups is 1. The van der Waals surface area contributed by atoms with Crippen LogP contribution in [0.5, 0.6) is 0 Å². The molecule has 0 spiro atoms. The number of aromatic nitrogens is 1. The van der Waals surface area contributed by atoms with Gasteiger partial charge in [0.25, 0.3) is 11.8 Å². The number of amides is 3. The predicted molar refractivity (Wildman–Crippen MR) is 193 cm³/mol. The molecule has 2 aromatic heterocycles. The SMILES string of the molecule is C=C(O)CNC(=O)C(CCCCNC(=C)C(CCCN=C(N)N)NC(=O)c1cc2ccccc2s1)NC(=O)c1cc2ccccc2n1C. The zero-order valence-electron chi connectivity index (χ0n) is 27.1. The fourth-order valence-corrected chi connectivity index (χ4v) is 6.29. The molecule has 0 saturated heterocycles. The van der Waals surface area contributed by atoms with Crippen molar-refractivity contribution in [3.05, 3.63) is 95.8 Å². The van der Waals surface area contributed by atoms with E-state index >= 15 is 0 Å². The molecule has 2 atom stereocenters. The molecule has 0 saturated carbocycles. The van der Waals surface area contributed by atoms with Crippen molar-refractivity contribution in [3.8, 4) is 0 Å². The number of hydrogen-bond acceptors (Lipinski definition) is 7. The number of benzene rings is 2. The summed E-state index contributed by atoms with van der Waals surface area (Å²) >= 11 is 1.43. The van der Waals surface area contributed by atoms with E-state index < -0.39 is 11.9 Å². The monoisotopic (exact) mass is 672 g/mol. The van der Waals surface area contributed by atoms with Crippen LogP contribution < -0.4 is 32.7 Å². The highest BCUT2D eigenvalue weighted by Gasteiger charge is 2.23. The second kappa shape index (κ2) is 17.0. The van der Waals surface area contributed by atoms with Gasteiger partial charge in [0.2, 0.25) is 5.91 Å². The van der Waals surface area contributed by atoms with Gasteiger partial charge in [-0.05, 0) is 61.8 Å². The van der Waals surface area contributed by atoms with Gasteiger partial charge in [0.05, 0.1) is 17.5 Å². The van der Waals surface area contributed by atoms with Crippen molar-refractivity contribution in [1.29, 1.82) is 0 Å². The van der Waals surface area contributed by atoms with E-state index in [0.29, 0.717) is 61.5 Å². The van der Waals surface area contributed by atoms with Gasteiger partial charge in [-0.15, -0.1) is 11.3 Å². The summed E-state index contributed by atoms with van der Waals surface area (Å²) in [6.07, 6.45) is 2.81. The Kier molecular flexibility index (Phi) is 12.6. The second-order valence-corrected chi connectivity index (χ2v) is 12.6. The summed E-state index contributed by atoms with van der Waals surface area (Å²) in [6, 6.07) is 18.0. The molecular formula is C35H44N8O4S. The summed E-state index contributed by atoms with van der Waals surface area (Å²) in [6.45, 7) is 8.45. The minimum atomic E-state index is -0.832. The second-order valence-electron chi connectivity index (χ2n) is 11.5. The average Bonchev–Trinajstić information content (AvgIpc) is 3.65. The molecule has 0 aliphatic rings. The standard InChI is InChI=1S/C35H44N8O4S/c1-22(44)21-40-32(45)27(42-33(46)29-19-24-11-4-6-15-28(24)43(29)3)13-8-9-17-38-23(2)26(14-10-18-39-35(36)37)41-34(47)31-20-25-12-5-7-16-30(25)48-31/h4-7,11-12,15-16,19-20,26-27,38,44H,1-2,8-10,13-14,17-18,21H2,3H3,(H,40,45)(H,41,47)(H,42,46)(H4,36,37,39). The molecule has 3 amide bonds. The van der Waals surface area contributed by atoms with Gasteiger partial charge >= 0.3 is 0 Å². The molecule has 2 heterocycles. The van der Waals surface area contributed by atoms with Crippen LogP contribution in [0.1, 0.15) is 52.3 Å².